The fourth-order valence-electron chi connectivity index (χ4n) is 6.03. The summed E-state index contributed by atoms with van der Waals surface area (Å²) in [4.78, 5) is 14.5. The molecule has 0 radical (unpaired) electrons. The lowest BCUT2D eigenvalue weighted by Crippen LogP contribution is -2.55. The summed E-state index contributed by atoms with van der Waals surface area (Å²) in [5.41, 5.74) is 0.649. The summed E-state index contributed by atoms with van der Waals surface area (Å²) < 4.78 is 38.7. The van der Waals surface area contributed by atoms with Gasteiger partial charge in [-0.3, -0.25) is 0 Å². The van der Waals surface area contributed by atoms with Gasteiger partial charge in [0, 0.05) is 25.2 Å². The number of aliphatic hydroxyl groups excluding tert-OH is 3. The predicted octanol–water partition coefficient (Wildman–Crippen LogP) is 1.22. The van der Waals surface area contributed by atoms with Gasteiger partial charge in [-0.25, -0.2) is 4.79 Å². The number of nitrogens with one attached hydrogen (secondary N) is 1. The van der Waals surface area contributed by atoms with Crippen LogP contribution in [0.25, 0.3) is 0 Å². The molecule has 0 aromatic heterocycles. The summed E-state index contributed by atoms with van der Waals surface area (Å²) in [6, 6.07) is 9.63. The third-order valence-electron chi connectivity index (χ3n) is 8.42. The molecule has 0 unspecified atom stereocenters. The number of nitrogens with zero attached hydrogens (tertiary/aromatic N) is 1. The first-order chi connectivity index (χ1) is 20.3. The van der Waals surface area contributed by atoms with Crippen molar-refractivity contribution < 1.29 is 53.3 Å². The lowest BCUT2D eigenvalue weighted by Gasteiger charge is -2.40. The third kappa shape index (κ3) is 7.85. The van der Waals surface area contributed by atoms with Gasteiger partial charge in [0.05, 0.1) is 6.61 Å². The summed E-state index contributed by atoms with van der Waals surface area (Å²) in [7, 11) is 0. The van der Waals surface area contributed by atoms with E-state index >= 15 is 0 Å². The molecule has 8 atom stereocenters. The molecule has 5 aliphatic rings. The highest BCUT2D eigenvalue weighted by atomic mass is 16.8. The summed E-state index contributed by atoms with van der Waals surface area (Å²) in [5, 5.41) is 32.0. The van der Waals surface area contributed by atoms with Crippen LogP contribution >= 0.6 is 0 Å². The van der Waals surface area contributed by atoms with Gasteiger partial charge in [0.1, 0.15) is 43.2 Å². The lowest BCUT2D eigenvalue weighted by molar-refractivity contribution is -0.218. The van der Waals surface area contributed by atoms with Gasteiger partial charge in [0.15, 0.2) is 24.2 Å². The second-order valence-corrected chi connectivity index (χ2v) is 13.0. The van der Waals surface area contributed by atoms with E-state index in [4.69, 9.17) is 38.3 Å². The quantitative estimate of drug-likeness (QED) is 0.366. The lowest BCUT2D eigenvalue weighted by atomic mass is 9.89. The molecular formula is C30H46N2O11. The van der Waals surface area contributed by atoms with Crippen molar-refractivity contribution in [1.82, 2.24) is 10.2 Å². The second-order valence-electron chi connectivity index (χ2n) is 13.0. The molecule has 1 amide bonds. The van der Waals surface area contributed by atoms with E-state index in [2.05, 4.69) is 10.2 Å². The minimum atomic E-state index is -0.809. The maximum absolute atomic E-state index is 12.2. The average Bonchev–Trinajstić information content (AvgIpc) is 3.61. The van der Waals surface area contributed by atoms with Crippen LogP contribution in [-0.4, -0.2) is 119 Å². The number of carbonyl (C=O) groups excluding carboxylic acids is 1. The number of hydrogen-bond donors (Lipinski definition) is 4. The summed E-state index contributed by atoms with van der Waals surface area (Å²) in [6.07, 6.45) is -3.25. The van der Waals surface area contributed by atoms with Crippen molar-refractivity contribution in [1.29, 1.82) is 0 Å². The highest BCUT2D eigenvalue weighted by Crippen LogP contribution is 2.38. The molecule has 242 valence electrons. The Hall–Kier alpha value is -1.91. The smallest absolute Gasteiger partial charge is 0.407 e. The summed E-state index contributed by atoms with van der Waals surface area (Å²) in [6.45, 7) is 11.4. The van der Waals surface area contributed by atoms with Crippen molar-refractivity contribution in [3.63, 3.8) is 0 Å². The van der Waals surface area contributed by atoms with Gasteiger partial charge in [0.2, 0.25) is 0 Å². The van der Waals surface area contributed by atoms with Crippen LogP contribution in [0, 0.1) is 0 Å². The third-order valence-corrected chi connectivity index (χ3v) is 8.42. The SMILES string of the molecule is CC1(C)O[C@H]2O[C@H](CO)[C@@H](O)[C@H]2O1.CC1(NC(=O)OCc2ccccc2)CCN(C[C@H]2O[C@@H]3OC(C)(C)O[C@@H]3[C@@H]2O)CC1. The van der Waals surface area contributed by atoms with E-state index in [-0.39, 0.29) is 24.9 Å². The largest absolute Gasteiger partial charge is 0.445 e. The molecular weight excluding hydrogens is 564 g/mol. The van der Waals surface area contributed by atoms with E-state index in [1.54, 1.807) is 13.8 Å². The number of aliphatic hydroxyl groups is 3. The van der Waals surface area contributed by atoms with Crippen LogP contribution in [0.1, 0.15) is 53.0 Å². The molecule has 6 rings (SSSR count). The first-order valence-corrected chi connectivity index (χ1v) is 15.0. The number of rotatable bonds is 6. The molecule has 13 nitrogen and oxygen atoms in total. The van der Waals surface area contributed by atoms with E-state index in [1.807, 2.05) is 51.1 Å². The number of hydrogen-bond acceptors (Lipinski definition) is 12. The molecule has 0 spiro atoms. The Labute approximate surface area is 252 Å². The molecule has 4 N–H and O–H groups in total. The molecule has 5 saturated heterocycles. The molecule has 0 saturated carbocycles. The number of likely N-dealkylation sites (tertiary alicyclic amines) is 1. The first kappa shape index (κ1) is 32.5. The fraction of sp³-hybridized carbons (Fsp3) is 0.767. The molecule has 5 heterocycles. The maximum atomic E-state index is 12.2. The molecule has 13 heteroatoms. The molecule has 43 heavy (non-hydrogen) atoms. The van der Waals surface area contributed by atoms with Crippen LogP contribution < -0.4 is 5.32 Å². The van der Waals surface area contributed by atoms with Crippen LogP contribution in [-0.2, 0) is 39.8 Å². The molecule has 1 aromatic rings. The zero-order chi connectivity index (χ0) is 31.0. The normalized spacial score (nSPS) is 37.2. The monoisotopic (exact) mass is 610 g/mol. The Kier molecular flexibility index (Phi) is 9.69. The Morgan fingerprint density at radius 3 is 1.95 bits per heavy atom. The minimum Gasteiger partial charge on any atom is -0.445 e. The van der Waals surface area contributed by atoms with Gasteiger partial charge in [-0.15, -0.1) is 0 Å². The van der Waals surface area contributed by atoms with E-state index in [1.165, 1.54) is 0 Å². The highest BCUT2D eigenvalue weighted by molar-refractivity contribution is 5.68. The molecule has 5 aliphatic heterocycles. The molecule has 1 aromatic carbocycles. The number of alkyl carbamates (subject to hydrolysis) is 1. The van der Waals surface area contributed by atoms with Crippen molar-refractivity contribution in [3.8, 4) is 0 Å². The predicted molar refractivity (Wildman–Crippen MR) is 150 cm³/mol. The van der Waals surface area contributed by atoms with Gasteiger partial charge < -0.3 is 58.7 Å². The van der Waals surface area contributed by atoms with Crippen LogP contribution in [0.15, 0.2) is 30.3 Å². The number of piperidine rings is 1. The van der Waals surface area contributed by atoms with Gasteiger partial charge in [-0.2, -0.15) is 0 Å². The molecule has 0 aliphatic carbocycles. The number of benzene rings is 1. The Morgan fingerprint density at radius 1 is 0.884 bits per heavy atom. The standard InChI is InChI=1S/C22H32N2O6.C8H14O5/c1-21(2)29-18-17(25)16(28-19(18)30-21)13-24-11-9-22(3,10-12-24)23-20(26)27-14-15-7-5-4-6-8-15;1-8(2)12-6-5(10)4(3-9)11-7(6)13-8/h4-8,16-19,25H,9-14H2,1-3H3,(H,23,26);4-7,9-10H,3H2,1-2H3/t16-,17-,18-,19-;4-,5-,6-,7-/m11/s1. The van der Waals surface area contributed by atoms with E-state index < -0.39 is 60.8 Å². The van der Waals surface area contributed by atoms with Gasteiger partial charge in [-0.1, -0.05) is 30.3 Å². The molecule has 5 fully saturated rings. The Bertz CT molecular complexity index is 1080. The number of amides is 1. The zero-order valence-corrected chi connectivity index (χ0v) is 25.5. The first-order valence-electron chi connectivity index (χ1n) is 15.0. The zero-order valence-electron chi connectivity index (χ0n) is 25.5. The van der Waals surface area contributed by atoms with Crippen molar-refractivity contribution >= 4 is 6.09 Å². The topological polar surface area (TPSA) is 158 Å². The fourth-order valence-corrected chi connectivity index (χ4v) is 6.03. The summed E-state index contributed by atoms with van der Waals surface area (Å²) in [5.74, 6) is -1.44. The van der Waals surface area contributed by atoms with Crippen molar-refractivity contribution in [2.45, 2.75) is 120 Å². The highest BCUT2D eigenvalue weighted by Gasteiger charge is 2.55. The van der Waals surface area contributed by atoms with Crippen LogP contribution in [0.2, 0.25) is 0 Å². The van der Waals surface area contributed by atoms with Crippen molar-refractivity contribution in [2.75, 3.05) is 26.2 Å². The average molecular weight is 611 g/mol. The van der Waals surface area contributed by atoms with E-state index in [0.717, 1.165) is 31.5 Å². The summed E-state index contributed by atoms with van der Waals surface area (Å²) >= 11 is 0. The van der Waals surface area contributed by atoms with Crippen molar-refractivity contribution in [2.24, 2.45) is 0 Å². The van der Waals surface area contributed by atoms with E-state index in [0.29, 0.717) is 6.54 Å². The molecule has 0 bridgehead atoms. The van der Waals surface area contributed by atoms with Crippen LogP contribution in [0.3, 0.4) is 0 Å². The Balaban J connectivity index is 0.000000235. The number of ether oxygens (including phenoxy) is 7. The van der Waals surface area contributed by atoms with Gasteiger partial charge in [0.25, 0.3) is 0 Å². The second kappa shape index (κ2) is 12.8. The van der Waals surface area contributed by atoms with E-state index in [9.17, 15) is 15.0 Å². The maximum Gasteiger partial charge on any atom is 0.407 e. The van der Waals surface area contributed by atoms with Gasteiger partial charge >= 0.3 is 6.09 Å². The van der Waals surface area contributed by atoms with Crippen LogP contribution in [0.4, 0.5) is 4.79 Å². The number of fused-ring (bicyclic) bond motifs is 2. The Morgan fingerprint density at radius 2 is 1.42 bits per heavy atom. The minimum absolute atomic E-state index is 0.221. The van der Waals surface area contributed by atoms with Crippen molar-refractivity contribution in [3.05, 3.63) is 35.9 Å². The number of carbonyl (C=O) groups is 1. The van der Waals surface area contributed by atoms with Crippen LogP contribution in [0.5, 0.6) is 0 Å². The van der Waals surface area contributed by atoms with Gasteiger partial charge in [-0.05, 0) is 53.0 Å².